The maximum absolute atomic E-state index is 11.9. The number of carboxylic acids is 1. The van der Waals surface area contributed by atoms with E-state index in [1.807, 2.05) is 6.07 Å². The van der Waals surface area contributed by atoms with Gasteiger partial charge in [-0.15, -0.1) is 0 Å². The maximum Gasteiger partial charge on any atom is 0.314 e. The fourth-order valence-corrected chi connectivity index (χ4v) is 2.06. The van der Waals surface area contributed by atoms with Crippen molar-refractivity contribution in [1.29, 1.82) is 0 Å². The first-order valence-electron chi connectivity index (χ1n) is 7.69. The number of ether oxygens (including phenoxy) is 1. The first-order valence-corrected chi connectivity index (χ1v) is 7.69. The Labute approximate surface area is 135 Å². The minimum absolute atomic E-state index is 0.153. The summed E-state index contributed by atoms with van der Waals surface area (Å²) in [5.74, 6) is -1.57. The van der Waals surface area contributed by atoms with Crippen molar-refractivity contribution in [3.8, 4) is 5.75 Å². The standard InChI is InChI=1S/C17H23NO5/c1-12(9-10-15(18)19)17(22)23-14-7-4-6-13(11-14)5-2-3-8-16(20)21/h4,6-7,11-12H,2-3,5,8-10H2,1H3,(H2,18,19)(H,20,21)/t12-/m0/s1. The van der Waals surface area contributed by atoms with Crippen LogP contribution in [0, 0.1) is 5.92 Å². The van der Waals surface area contributed by atoms with Gasteiger partial charge in [0.15, 0.2) is 0 Å². The highest BCUT2D eigenvalue weighted by Gasteiger charge is 2.16. The van der Waals surface area contributed by atoms with Crippen LogP contribution in [0.1, 0.15) is 44.6 Å². The highest BCUT2D eigenvalue weighted by atomic mass is 16.5. The van der Waals surface area contributed by atoms with Gasteiger partial charge in [0.1, 0.15) is 5.75 Å². The quantitative estimate of drug-likeness (QED) is 0.390. The monoisotopic (exact) mass is 321 g/mol. The number of benzene rings is 1. The Hall–Kier alpha value is -2.37. The highest BCUT2D eigenvalue weighted by Crippen LogP contribution is 2.18. The third-order valence-corrected chi connectivity index (χ3v) is 3.45. The number of aliphatic carboxylic acids is 1. The van der Waals surface area contributed by atoms with E-state index < -0.39 is 23.8 Å². The van der Waals surface area contributed by atoms with Crippen molar-refractivity contribution in [2.75, 3.05) is 0 Å². The van der Waals surface area contributed by atoms with Crippen LogP contribution in [0.3, 0.4) is 0 Å². The van der Waals surface area contributed by atoms with E-state index in [0.717, 1.165) is 18.4 Å². The van der Waals surface area contributed by atoms with Crippen LogP contribution in [0.4, 0.5) is 0 Å². The van der Waals surface area contributed by atoms with Gasteiger partial charge in [0.2, 0.25) is 5.91 Å². The molecule has 1 atom stereocenters. The topological polar surface area (TPSA) is 107 Å². The minimum Gasteiger partial charge on any atom is -0.481 e. The van der Waals surface area contributed by atoms with E-state index in [9.17, 15) is 14.4 Å². The molecule has 0 aromatic heterocycles. The molecule has 6 nitrogen and oxygen atoms in total. The second-order valence-corrected chi connectivity index (χ2v) is 5.58. The highest BCUT2D eigenvalue weighted by molar-refractivity contribution is 5.77. The molecule has 126 valence electrons. The third kappa shape index (κ3) is 7.99. The molecule has 0 bridgehead atoms. The Bertz CT molecular complexity index is 556. The number of nitrogens with two attached hydrogens (primary N) is 1. The molecule has 1 aromatic rings. The lowest BCUT2D eigenvalue weighted by atomic mass is 10.1. The van der Waals surface area contributed by atoms with Crippen molar-refractivity contribution in [3.05, 3.63) is 29.8 Å². The summed E-state index contributed by atoms with van der Waals surface area (Å²) in [4.78, 5) is 33.1. The zero-order chi connectivity index (χ0) is 17.2. The lowest BCUT2D eigenvalue weighted by Gasteiger charge is -2.11. The molecule has 0 saturated carbocycles. The molecule has 0 aliphatic rings. The number of rotatable bonds is 10. The van der Waals surface area contributed by atoms with Crippen LogP contribution in [-0.4, -0.2) is 23.0 Å². The summed E-state index contributed by atoms with van der Waals surface area (Å²) in [5.41, 5.74) is 6.05. The molecule has 1 amide bonds. The predicted molar refractivity (Wildman–Crippen MR) is 84.9 cm³/mol. The summed E-state index contributed by atoms with van der Waals surface area (Å²) in [6.07, 6.45) is 2.78. The Morgan fingerprint density at radius 3 is 2.61 bits per heavy atom. The van der Waals surface area contributed by atoms with Crippen LogP contribution < -0.4 is 10.5 Å². The molecule has 1 aromatic carbocycles. The molecule has 0 radical (unpaired) electrons. The first kappa shape index (κ1) is 18.7. The summed E-state index contributed by atoms with van der Waals surface area (Å²) in [5, 5.41) is 8.60. The normalized spacial score (nSPS) is 11.7. The first-order chi connectivity index (χ1) is 10.9. The lowest BCUT2D eigenvalue weighted by molar-refractivity contribution is -0.139. The number of amides is 1. The van der Waals surface area contributed by atoms with Crippen molar-refractivity contribution in [2.24, 2.45) is 11.7 Å². The molecule has 0 spiro atoms. The van der Waals surface area contributed by atoms with Crippen molar-refractivity contribution < 1.29 is 24.2 Å². The molecule has 3 N–H and O–H groups in total. The van der Waals surface area contributed by atoms with Gasteiger partial charge < -0.3 is 15.6 Å². The summed E-state index contributed by atoms with van der Waals surface area (Å²) in [7, 11) is 0. The summed E-state index contributed by atoms with van der Waals surface area (Å²) < 4.78 is 5.31. The maximum atomic E-state index is 11.9. The summed E-state index contributed by atoms with van der Waals surface area (Å²) >= 11 is 0. The van der Waals surface area contributed by atoms with Gasteiger partial charge in [0.05, 0.1) is 5.92 Å². The molecule has 0 fully saturated rings. The Morgan fingerprint density at radius 2 is 1.96 bits per heavy atom. The Balaban J connectivity index is 2.47. The van der Waals surface area contributed by atoms with Gasteiger partial charge in [-0.05, 0) is 43.4 Å². The van der Waals surface area contributed by atoms with Crippen LogP contribution in [0.25, 0.3) is 0 Å². The molecule has 0 heterocycles. The molecule has 1 rings (SSSR count). The number of carboxylic acid groups (broad SMARTS) is 1. The summed E-state index contributed by atoms with van der Waals surface area (Å²) in [6.45, 7) is 1.70. The number of esters is 1. The molecule has 0 aliphatic carbocycles. The van der Waals surface area contributed by atoms with Crippen LogP contribution in [0.2, 0.25) is 0 Å². The smallest absolute Gasteiger partial charge is 0.314 e. The second kappa shape index (κ2) is 9.61. The zero-order valence-corrected chi connectivity index (χ0v) is 13.3. The molecule has 0 saturated heterocycles. The molecule has 23 heavy (non-hydrogen) atoms. The number of hydrogen-bond donors (Lipinski definition) is 2. The van der Waals surface area contributed by atoms with Crippen LogP contribution in [-0.2, 0) is 20.8 Å². The minimum atomic E-state index is -0.794. The van der Waals surface area contributed by atoms with E-state index in [0.29, 0.717) is 18.6 Å². The van der Waals surface area contributed by atoms with Gasteiger partial charge in [0.25, 0.3) is 0 Å². The van der Waals surface area contributed by atoms with E-state index in [1.165, 1.54) is 0 Å². The van der Waals surface area contributed by atoms with E-state index in [2.05, 4.69) is 0 Å². The number of carbonyl (C=O) groups is 3. The van der Waals surface area contributed by atoms with Gasteiger partial charge in [0, 0.05) is 12.8 Å². The second-order valence-electron chi connectivity index (χ2n) is 5.58. The average molecular weight is 321 g/mol. The lowest BCUT2D eigenvalue weighted by Crippen LogP contribution is -2.20. The van der Waals surface area contributed by atoms with Crippen molar-refractivity contribution in [3.63, 3.8) is 0 Å². The Morgan fingerprint density at radius 1 is 1.22 bits per heavy atom. The number of carbonyl (C=O) groups excluding carboxylic acids is 2. The van der Waals surface area contributed by atoms with Gasteiger partial charge in [-0.2, -0.15) is 0 Å². The number of aryl methyl sites for hydroxylation is 1. The van der Waals surface area contributed by atoms with Gasteiger partial charge in [-0.25, -0.2) is 0 Å². The van der Waals surface area contributed by atoms with E-state index in [4.69, 9.17) is 15.6 Å². The zero-order valence-electron chi connectivity index (χ0n) is 13.3. The molecule has 6 heteroatoms. The van der Waals surface area contributed by atoms with Crippen molar-refractivity contribution in [2.45, 2.75) is 45.4 Å². The van der Waals surface area contributed by atoms with E-state index >= 15 is 0 Å². The van der Waals surface area contributed by atoms with Crippen LogP contribution in [0.5, 0.6) is 5.75 Å². The van der Waals surface area contributed by atoms with Crippen molar-refractivity contribution in [1.82, 2.24) is 0 Å². The number of primary amides is 1. The largest absolute Gasteiger partial charge is 0.481 e. The number of unbranched alkanes of at least 4 members (excludes halogenated alkanes) is 1. The molecular formula is C17H23NO5. The molecule has 0 unspecified atom stereocenters. The molecular weight excluding hydrogens is 298 g/mol. The predicted octanol–water partition coefficient (Wildman–Crippen LogP) is 2.29. The number of hydrogen-bond acceptors (Lipinski definition) is 4. The molecule has 0 aliphatic heterocycles. The van der Waals surface area contributed by atoms with Gasteiger partial charge in [-0.1, -0.05) is 19.1 Å². The summed E-state index contributed by atoms with van der Waals surface area (Å²) in [6, 6.07) is 7.18. The van der Waals surface area contributed by atoms with E-state index in [1.54, 1.807) is 25.1 Å². The Kier molecular flexibility index (Phi) is 7.80. The fraction of sp³-hybridized carbons (Fsp3) is 0.471. The SMILES string of the molecule is C[C@@H](CCC(N)=O)C(=O)Oc1cccc(CCCCC(=O)O)c1. The van der Waals surface area contributed by atoms with Gasteiger partial charge >= 0.3 is 11.9 Å². The van der Waals surface area contributed by atoms with Gasteiger partial charge in [-0.3, -0.25) is 14.4 Å². The van der Waals surface area contributed by atoms with E-state index in [-0.39, 0.29) is 12.8 Å². The fourth-order valence-electron chi connectivity index (χ4n) is 2.06. The third-order valence-electron chi connectivity index (χ3n) is 3.45. The van der Waals surface area contributed by atoms with Crippen LogP contribution >= 0.6 is 0 Å². The van der Waals surface area contributed by atoms with Crippen LogP contribution in [0.15, 0.2) is 24.3 Å². The average Bonchev–Trinajstić information content (AvgIpc) is 2.49. The van der Waals surface area contributed by atoms with Crippen molar-refractivity contribution >= 4 is 17.8 Å².